The van der Waals surface area contributed by atoms with Crippen molar-refractivity contribution in [1.29, 1.82) is 0 Å². The predicted molar refractivity (Wildman–Crippen MR) is 106 cm³/mol. The van der Waals surface area contributed by atoms with E-state index < -0.39 is 0 Å². The van der Waals surface area contributed by atoms with Gasteiger partial charge in [0.15, 0.2) is 0 Å². The van der Waals surface area contributed by atoms with E-state index >= 15 is 0 Å². The molecule has 6 nitrogen and oxygen atoms in total. The molecule has 0 radical (unpaired) electrons. The molecular weight excluding hydrogens is 342 g/mol. The number of rotatable bonds is 7. The summed E-state index contributed by atoms with van der Waals surface area (Å²) < 4.78 is 0. The number of hydrogen-bond acceptors (Lipinski definition) is 3. The minimum Gasteiger partial charge on any atom is -0.350 e. The highest BCUT2D eigenvalue weighted by Gasteiger charge is 2.69. The van der Waals surface area contributed by atoms with Gasteiger partial charge in [0.2, 0.25) is 17.7 Å². The minimum absolute atomic E-state index is 0.00154. The van der Waals surface area contributed by atoms with Gasteiger partial charge in [-0.2, -0.15) is 0 Å². The summed E-state index contributed by atoms with van der Waals surface area (Å²) in [5.74, 6) is 0.438. The second kappa shape index (κ2) is 7.80. The smallest absolute Gasteiger partial charge is 0.239 e. The van der Waals surface area contributed by atoms with Gasteiger partial charge >= 0.3 is 0 Å². The highest BCUT2D eigenvalue weighted by Crippen LogP contribution is 2.69. The number of nitrogens with zero attached hydrogens (tertiary/aromatic N) is 1. The van der Waals surface area contributed by atoms with Gasteiger partial charge in [0.05, 0.1) is 6.54 Å². The van der Waals surface area contributed by atoms with Gasteiger partial charge in [-0.25, -0.2) is 0 Å². The molecule has 1 aliphatic heterocycles. The summed E-state index contributed by atoms with van der Waals surface area (Å²) in [5, 5.41) is 5.64. The first-order valence-electron chi connectivity index (χ1n) is 10.2. The number of carbonyl (C=O) groups is 3. The molecule has 0 bridgehead atoms. The van der Waals surface area contributed by atoms with Crippen LogP contribution >= 0.6 is 0 Å². The molecule has 2 unspecified atom stereocenters. The fourth-order valence-corrected chi connectivity index (χ4v) is 4.39. The summed E-state index contributed by atoms with van der Waals surface area (Å²) in [5.41, 5.74) is 0.0385. The van der Waals surface area contributed by atoms with Crippen LogP contribution in [0.15, 0.2) is 0 Å². The van der Waals surface area contributed by atoms with E-state index in [1.54, 1.807) is 0 Å². The highest BCUT2D eigenvalue weighted by atomic mass is 16.2. The van der Waals surface area contributed by atoms with Crippen LogP contribution in [0.2, 0.25) is 0 Å². The molecule has 2 atom stereocenters. The zero-order valence-electron chi connectivity index (χ0n) is 18.0. The Balaban J connectivity index is 1.79. The lowest BCUT2D eigenvalue weighted by Crippen LogP contribution is -2.44. The molecule has 0 aromatic carbocycles. The fraction of sp³-hybridized carbons (Fsp3) is 0.857. The number of nitrogens with one attached hydrogen (secondary N) is 2. The zero-order chi connectivity index (χ0) is 20.6. The minimum atomic E-state index is -0.188. The van der Waals surface area contributed by atoms with Gasteiger partial charge in [-0.3, -0.25) is 14.4 Å². The molecule has 1 saturated carbocycles. The Bertz CT molecular complexity index is 583. The highest BCUT2D eigenvalue weighted by molar-refractivity contribution is 5.86. The summed E-state index contributed by atoms with van der Waals surface area (Å²) in [6.45, 7) is 15.3. The van der Waals surface area contributed by atoms with Crippen molar-refractivity contribution < 1.29 is 14.4 Å². The first kappa shape index (κ1) is 21.7. The lowest BCUT2D eigenvalue weighted by Gasteiger charge is -2.22. The third-order valence-corrected chi connectivity index (χ3v) is 6.89. The predicted octanol–water partition coefficient (Wildman–Crippen LogP) is 2.33. The summed E-state index contributed by atoms with van der Waals surface area (Å²) in [6, 6.07) is 0.0737. The lowest BCUT2D eigenvalue weighted by atomic mass is 10.0. The molecule has 6 heteroatoms. The fourth-order valence-electron chi connectivity index (χ4n) is 4.39. The first-order chi connectivity index (χ1) is 12.4. The maximum absolute atomic E-state index is 13.0. The van der Waals surface area contributed by atoms with Crippen LogP contribution < -0.4 is 10.6 Å². The first-order valence-corrected chi connectivity index (χ1v) is 10.2. The molecule has 2 fully saturated rings. The van der Waals surface area contributed by atoms with E-state index in [0.29, 0.717) is 18.9 Å². The van der Waals surface area contributed by atoms with Crippen molar-refractivity contribution in [1.82, 2.24) is 15.5 Å². The molecule has 1 aliphatic carbocycles. The topological polar surface area (TPSA) is 78.5 Å². The van der Waals surface area contributed by atoms with Crippen molar-refractivity contribution in [2.75, 3.05) is 13.1 Å². The second-order valence-corrected chi connectivity index (χ2v) is 9.93. The average molecular weight is 380 g/mol. The van der Waals surface area contributed by atoms with Crippen LogP contribution in [0.3, 0.4) is 0 Å². The maximum Gasteiger partial charge on any atom is 0.239 e. The van der Waals surface area contributed by atoms with E-state index in [4.69, 9.17) is 0 Å². The number of amides is 3. The summed E-state index contributed by atoms with van der Waals surface area (Å²) in [4.78, 5) is 38.8. The van der Waals surface area contributed by atoms with E-state index in [1.807, 2.05) is 11.8 Å². The van der Waals surface area contributed by atoms with Crippen molar-refractivity contribution in [2.24, 2.45) is 22.7 Å². The molecule has 2 rings (SSSR count). The van der Waals surface area contributed by atoms with E-state index in [-0.39, 0.29) is 53.1 Å². The zero-order valence-corrected chi connectivity index (χ0v) is 18.0. The van der Waals surface area contributed by atoms with Gasteiger partial charge in [-0.05, 0) is 36.5 Å². The van der Waals surface area contributed by atoms with Gasteiger partial charge in [0, 0.05) is 31.0 Å². The molecule has 1 saturated heterocycles. The van der Waals surface area contributed by atoms with E-state index in [2.05, 4.69) is 52.2 Å². The van der Waals surface area contributed by atoms with Crippen molar-refractivity contribution in [3.8, 4) is 0 Å². The number of likely N-dealkylation sites (tertiary alicyclic amines) is 1. The third-order valence-electron chi connectivity index (χ3n) is 6.89. The third kappa shape index (κ3) is 4.64. The van der Waals surface area contributed by atoms with E-state index in [0.717, 1.165) is 12.8 Å². The molecule has 27 heavy (non-hydrogen) atoms. The van der Waals surface area contributed by atoms with Crippen molar-refractivity contribution >= 4 is 17.7 Å². The second-order valence-electron chi connectivity index (χ2n) is 9.93. The number of hydrogen-bond donors (Lipinski definition) is 2. The standard InChI is InChI=1S/C21H37N3O3/c1-13(2)8-9-16(25)22-11-17(26)23-15-10-14(3)24(12-15)19(27)18-20(4,5)21(18,6)7/h13-15,18H,8-12H2,1-7H3,(H,22,25)(H,23,26). The Labute approximate surface area is 163 Å². The Kier molecular flexibility index (Phi) is 6.27. The van der Waals surface area contributed by atoms with E-state index in [9.17, 15) is 14.4 Å². The lowest BCUT2D eigenvalue weighted by molar-refractivity contribution is -0.134. The Morgan fingerprint density at radius 3 is 2.19 bits per heavy atom. The molecule has 0 spiro atoms. The van der Waals surface area contributed by atoms with Crippen LogP contribution in [0.5, 0.6) is 0 Å². The molecule has 154 valence electrons. The quantitative estimate of drug-likeness (QED) is 0.713. The van der Waals surface area contributed by atoms with Gasteiger partial charge in [0.1, 0.15) is 0 Å². The van der Waals surface area contributed by atoms with Crippen molar-refractivity contribution in [3.63, 3.8) is 0 Å². The van der Waals surface area contributed by atoms with Crippen molar-refractivity contribution in [3.05, 3.63) is 0 Å². The summed E-state index contributed by atoms with van der Waals surface area (Å²) in [6.07, 6.45) is 2.02. The normalized spacial score (nSPS) is 26.1. The molecule has 2 N–H and O–H groups in total. The summed E-state index contributed by atoms with van der Waals surface area (Å²) in [7, 11) is 0. The monoisotopic (exact) mass is 379 g/mol. The van der Waals surface area contributed by atoms with Gasteiger partial charge in [-0.1, -0.05) is 41.5 Å². The Morgan fingerprint density at radius 1 is 1.07 bits per heavy atom. The van der Waals surface area contributed by atoms with Crippen LogP contribution in [0.25, 0.3) is 0 Å². The largest absolute Gasteiger partial charge is 0.350 e. The van der Waals surface area contributed by atoms with Crippen LogP contribution in [-0.4, -0.2) is 47.8 Å². The molecule has 3 amide bonds. The van der Waals surface area contributed by atoms with Crippen molar-refractivity contribution in [2.45, 2.75) is 79.8 Å². The Hall–Kier alpha value is -1.59. The van der Waals surface area contributed by atoms with Gasteiger partial charge in [-0.15, -0.1) is 0 Å². The molecule has 2 aliphatic rings. The number of carbonyl (C=O) groups excluding carboxylic acids is 3. The average Bonchev–Trinajstić information content (AvgIpc) is 2.80. The molecular formula is C21H37N3O3. The molecule has 0 aromatic rings. The SMILES string of the molecule is CC(C)CCC(=O)NCC(=O)NC1CC(C)N(C(=O)C2C(C)(C)C2(C)C)C1. The van der Waals surface area contributed by atoms with Crippen LogP contribution in [-0.2, 0) is 14.4 Å². The molecule has 0 aromatic heterocycles. The van der Waals surface area contributed by atoms with E-state index in [1.165, 1.54) is 0 Å². The van der Waals surface area contributed by atoms with Gasteiger partial charge < -0.3 is 15.5 Å². The van der Waals surface area contributed by atoms with Crippen LogP contribution in [0, 0.1) is 22.7 Å². The van der Waals surface area contributed by atoms with Gasteiger partial charge in [0.25, 0.3) is 0 Å². The summed E-state index contributed by atoms with van der Waals surface area (Å²) >= 11 is 0. The maximum atomic E-state index is 13.0. The van der Waals surface area contributed by atoms with Crippen LogP contribution in [0.1, 0.15) is 67.7 Å². The molecule has 1 heterocycles. The Morgan fingerprint density at radius 2 is 1.67 bits per heavy atom. The van der Waals surface area contributed by atoms with Crippen LogP contribution in [0.4, 0.5) is 0 Å².